The van der Waals surface area contributed by atoms with Gasteiger partial charge in [-0.15, -0.1) is 0 Å². The highest BCUT2D eigenvalue weighted by molar-refractivity contribution is 5.55. The van der Waals surface area contributed by atoms with E-state index in [1.807, 2.05) is 0 Å². The van der Waals surface area contributed by atoms with Gasteiger partial charge < -0.3 is 10.2 Å². The largest absolute Gasteiger partial charge is 0.378 e. The van der Waals surface area contributed by atoms with E-state index < -0.39 is 0 Å². The van der Waals surface area contributed by atoms with Gasteiger partial charge in [-0.25, -0.2) is 0 Å². The summed E-state index contributed by atoms with van der Waals surface area (Å²) in [4.78, 5) is 2.10. The van der Waals surface area contributed by atoms with Crippen LogP contribution in [-0.2, 0) is 6.54 Å². The van der Waals surface area contributed by atoms with Gasteiger partial charge in [0, 0.05) is 43.3 Å². The summed E-state index contributed by atoms with van der Waals surface area (Å²) < 4.78 is 2.07. The van der Waals surface area contributed by atoms with Gasteiger partial charge in [0.05, 0.1) is 11.7 Å². The molecule has 0 aliphatic carbocycles. The average molecular weight is 286 g/mol. The maximum absolute atomic E-state index is 4.60. The lowest BCUT2D eigenvalue weighted by Gasteiger charge is -2.18. The second kappa shape index (κ2) is 6.20. The van der Waals surface area contributed by atoms with E-state index in [1.54, 1.807) is 0 Å². The third kappa shape index (κ3) is 3.20. The van der Waals surface area contributed by atoms with E-state index in [1.165, 1.54) is 16.9 Å². The molecule has 0 bridgehead atoms. The number of hydrogen-bond donors (Lipinski definition) is 1. The number of hydrogen-bond acceptors (Lipinski definition) is 3. The number of benzene rings is 1. The first-order valence-electron chi connectivity index (χ1n) is 7.51. The molecule has 0 aliphatic rings. The van der Waals surface area contributed by atoms with Gasteiger partial charge in [-0.1, -0.05) is 0 Å². The Hall–Kier alpha value is -1.97. The third-order valence-corrected chi connectivity index (χ3v) is 3.94. The minimum absolute atomic E-state index is 0.246. The molecule has 0 saturated carbocycles. The summed E-state index contributed by atoms with van der Waals surface area (Å²) >= 11 is 0. The smallest absolute Gasteiger partial charge is 0.0649 e. The van der Waals surface area contributed by atoms with Crippen LogP contribution < -0.4 is 10.2 Å². The quantitative estimate of drug-likeness (QED) is 0.908. The minimum atomic E-state index is 0.246. The van der Waals surface area contributed by atoms with Gasteiger partial charge in [-0.05, 0) is 52.0 Å². The predicted octanol–water partition coefficient (Wildman–Crippen LogP) is 3.76. The summed E-state index contributed by atoms with van der Waals surface area (Å²) in [6, 6.07) is 8.76. The van der Waals surface area contributed by atoms with Crippen molar-refractivity contribution < 1.29 is 0 Å². The maximum Gasteiger partial charge on any atom is 0.0649 e. The Morgan fingerprint density at radius 2 is 1.81 bits per heavy atom. The van der Waals surface area contributed by atoms with Crippen molar-refractivity contribution in [2.75, 3.05) is 24.3 Å². The molecule has 114 valence electrons. The molecule has 0 amide bonds. The van der Waals surface area contributed by atoms with Gasteiger partial charge in [0.25, 0.3) is 0 Å². The van der Waals surface area contributed by atoms with E-state index in [2.05, 4.69) is 86.1 Å². The first-order valence-corrected chi connectivity index (χ1v) is 7.51. The molecule has 1 atom stereocenters. The molecule has 1 unspecified atom stereocenters. The lowest BCUT2D eigenvalue weighted by Crippen LogP contribution is -2.10. The fourth-order valence-corrected chi connectivity index (χ4v) is 2.82. The molecule has 0 spiro atoms. The van der Waals surface area contributed by atoms with E-state index in [0.29, 0.717) is 0 Å². The standard InChI is InChI=1S/C17H26N4/c1-7-21-14(4)17(13(3)19-21)12(2)18-15-8-10-16(11-9-15)20(5)6/h8-12,18H,7H2,1-6H3. The second-order valence-corrected chi connectivity index (χ2v) is 5.71. The Morgan fingerprint density at radius 3 is 2.29 bits per heavy atom. The molecule has 4 heteroatoms. The first kappa shape index (κ1) is 15.4. The van der Waals surface area contributed by atoms with E-state index in [0.717, 1.165) is 17.9 Å². The minimum Gasteiger partial charge on any atom is -0.378 e. The Balaban J connectivity index is 2.18. The van der Waals surface area contributed by atoms with Gasteiger partial charge in [0.2, 0.25) is 0 Å². The molecule has 0 aliphatic heterocycles. The Bertz CT molecular complexity index is 596. The SMILES string of the molecule is CCn1nc(C)c(C(C)Nc2ccc(N(C)C)cc2)c1C. The highest BCUT2D eigenvalue weighted by atomic mass is 15.3. The number of rotatable bonds is 5. The molecular weight excluding hydrogens is 260 g/mol. The summed E-state index contributed by atoms with van der Waals surface area (Å²) in [5.74, 6) is 0. The normalized spacial score (nSPS) is 12.3. The van der Waals surface area contributed by atoms with Crippen molar-refractivity contribution in [3.63, 3.8) is 0 Å². The van der Waals surface area contributed by atoms with Crippen LogP contribution in [0.15, 0.2) is 24.3 Å². The second-order valence-electron chi connectivity index (χ2n) is 5.71. The van der Waals surface area contributed by atoms with Crippen molar-refractivity contribution in [1.29, 1.82) is 0 Å². The topological polar surface area (TPSA) is 33.1 Å². The molecule has 2 aromatic rings. The van der Waals surface area contributed by atoms with Crippen molar-refractivity contribution in [1.82, 2.24) is 9.78 Å². The number of nitrogens with zero attached hydrogens (tertiary/aromatic N) is 3. The molecule has 4 nitrogen and oxygen atoms in total. The molecule has 0 fully saturated rings. The van der Waals surface area contributed by atoms with Gasteiger partial charge in [-0.3, -0.25) is 4.68 Å². The molecule has 2 rings (SSSR count). The van der Waals surface area contributed by atoms with Crippen molar-refractivity contribution in [3.05, 3.63) is 41.2 Å². The number of aryl methyl sites for hydroxylation is 2. The summed E-state index contributed by atoms with van der Waals surface area (Å²) in [5, 5.41) is 8.17. The monoisotopic (exact) mass is 286 g/mol. The fraction of sp³-hybridized carbons (Fsp3) is 0.471. The number of anilines is 2. The Labute approximate surface area is 127 Å². The van der Waals surface area contributed by atoms with Crippen LogP contribution in [-0.4, -0.2) is 23.9 Å². The lowest BCUT2D eigenvalue weighted by atomic mass is 10.1. The van der Waals surface area contributed by atoms with Crippen LogP contribution in [0.1, 0.15) is 36.8 Å². The van der Waals surface area contributed by atoms with Crippen LogP contribution in [0.2, 0.25) is 0 Å². The van der Waals surface area contributed by atoms with E-state index in [4.69, 9.17) is 0 Å². The molecule has 0 radical (unpaired) electrons. The van der Waals surface area contributed by atoms with Crippen LogP contribution in [0.4, 0.5) is 11.4 Å². The van der Waals surface area contributed by atoms with E-state index in [9.17, 15) is 0 Å². The molecule has 21 heavy (non-hydrogen) atoms. The van der Waals surface area contributed by atoms with Crippen LogP contribution in [0.5, 0.6) is 0 Å². The fourth-order valence-electron chi connectivity index (χ4n) is 2.82. The Kier molecular flexibility index (Phi) is 4.56. The molecular formula is C17H26N4. The molecule has 1 N–H and O–H groups in total. The van der Waals surface area contributed by atoms with Crippen molar-refractivity contribution in [2.45, 2.75) is 40.3 Å². The van der Waals surface area contributed by atoms with Gasteiger partial charge in [0.15, 0.2) is 0 Å². The van der Waals surface area contributed by atoms with E-state index >= 15 is 0 Å². The van der Waals surface area contributed by atoms with Crippen LogP contribution in [0, 0.1) is 13.8 Å². The van der Waals surface area contributed by atoms with Crippen molar-refractivity contribution in [3.8, 4) is 0 Å². The van der Waals surface area contributed by atoms with Crippen LogP contribution >= 0.6 is 0 Å². The number of nitrogens with one attached hydrogen (secondary N) is 1. The van der Waals surface area contributed by atoms with Crippen molar-refractivity contribution in [2.24, 2.45) is 0 Å². The zero-order valence-corrected chi connectivity index (χ0v) is 13.9. The summed E-state index contributed by atoms with van der Waals surface area (Å²) in [6.45, 7) is 9.46. The van der Waals surface area contributed by atoms with Crippen LogP contribution in [0.3, 0.4) is 0 Å². The van der Waals surface area contributed by atoms with Crippen molar-refractivity contribution >= 4 is 11.4 Å². The summed E-state index contributed by atoms with van der Waals surface area (Å²) in [7, 11) is 4.10. The summed E-state index contributed by atoms with van der Waals surface area (Å²) in [6.07, 6.45) is 0. The maximum atomic E-state index is 4.60. The molecule has 1 aromatic heterocycles. The van der Waals surface area contributed by atoms with Gasteiger partial charge in [-0.2, -0.15) is 5.10 Å². The molecule has 1 aromatic carbocycles. The van der Waals surface area contributed by atoms with Gasteiger partial charge >= 0.3 is 0 Å². The summed E-state index contributed by atoms with van der Waals surface area (Å²) in [5.41, 5.74) is 6.00. The van der Waals surface area contributed by atoms with Crippen LogP contribution in [0.25, 0.3) is 0 Å². The average Bonchev–Trinajstić information content (AvgIpc) is 2.73. The molecule has 0 saturated heterocycles. The lowest BCUT2D eigenvalue weighted by molar-refractivity contribution is 0.632. The highest BCUT2D eigenvalue weighted by Crippen LogP contribution is 2.26. The third-order valence-electron chi connectivity index (χ3n) is 3.94. The molecule has 1 heterocycles. The zero-order chi connectivity index (χ0) is 15.6. The zero-order valence-electron chi connectivity index (χ0n) is 13.9. The first-order chi connectivity index (χ1) is 9.93. The highest BCUT2D eigenvalue weighted by Gasteiger charge is 2.16. The number of aromatic nitrogens is 2. The predicted molar refractivity (Wildman–Crippen MR) is 90.2 cm³/mol. The van der Waals surface area contributed by atoms with Gasteiger partial charge in [0.1, 0.15) is 0 Å². The van der Waals surface area contributed by atoms with E-state index in [-0.39, 0.29) is 6.04 Å². The Morgan fingerprint density at radius 1 is 1.19 bits per heavy atom.